The van der Waals surface area contributed by atoms with Crippen LogP contribution in [0.2, 0.25) is 5.02 Å². The maximum Gasteiger partial charge on any atom is 0.262 e. The van der Waals surface area contributed by atoms with E-state index in [2.05, 4.69) is 15.8 Å². The van der Waals surface area contributed by atoms with Crippen LogP contribution in [0, 0.1) is 11.7 Å². The standard InChI is InChI=1S/C24H27ClFN3O3/c1-15(2)23(24(31)29-27-13-19-20(25)8-5-9-21(19)26)28-22(30)14-32-18-11-10-16-6-3-4-7-17(16)12-18/h5,8-13,15,23H,3-4,6-7,14H2,1-2H3,(H,28,30)(H,29,31)/b27-13+. The van der Waals surface area contributed by atoms with Gasteiger partial charge in [0.2, 0.25) is 0 Å². The van der Waals surface area contributed by atoms with Gasteiger partial charge in [0, 0.05) is 5.56 Å². The molecule has 32 heavy (non-hydrogen) atoms. The number of nitrogens with zero attached hydrogens (tertiary/aromatic N) is 1. The van der Waals surface area contributed by atoms with Crippen molar-refractivity contribution in [3.05, 3.63) is 63.9 Å². The van der Waals surface area contributed by atoms with Crippen molar-refractivity contribution in [3.8, 4) is 5.75 Å². The van der Waals surface area contributed by atoms with Gasteiger partial charge in [0.15, 0.2) is 6.61 Å². The Bertz CT molecular complexity index is 990. The molecule has 0 fully saturated rings. The molecule has 1 aliphatic carbocycles. The minimum absolute atomic E-state index is 0.0676. The molecule has 2 amide bonds. The minimum Gasteiger partial charge on any atom is -0.484 e. The van der Waals surface area contributed by atoms with Crippen molar-refractivity contribution in [1.82, 2.24) is 10.7 Å². The van der Waals surface area contributed by atoms with E-state index in [-0.39, 0.29) is 23.1 Å². The zero-order valence-electron chi connectivity index (χ0n) is 18.2. The van der Waals surface area contributed by atoms with Gasteiger partial charge < -0.3 is 10.1 Å². The number of rotatable bonds is 8. The summed E-state index contributed by atoms with van der Waals surface area (Å²) in [7, 11) is 0. The van der Waals surface area contributed by atoms with Crippen LogP contribution in [-0.4, -0.2) is 30.7 Å². The summed E-state index contributed by atoms with van der Waals surface area (Å²) in [5.41, 5.74) is 5.00. The molecule has 0 radical (unpaired) electrons. The molecule has 170 valence electrons. The minimum atomic E-state index is -0.831. The SMILES string of the molecule is CC(C)C(NC(=O)COc1ccc2c(c1)CCCC2)C(=O)N/N=C/c1c(F)cccc1Cl. The van der Waals surface area contributed by atoms with Gasteiger partial charge in [-0.1, -0.05) is 37.6 Å². The Morgan fingerprint density at radius 1 is 1.19 bits per heavy atom. The third-order valence-electron chi connectivity index (χ3n) is 5.32. The second-order valence-electron chi connectivity index (χ2n) is 8.09. The summed E-state index contributed by atoms with van der Waals surface area (Å²) in [6.07, 6.45) is 5.59. The number of hydrogen-bond donors (Lipinski definition) is 2. The lowest BCUT2D eigenvalue weighted by Gasteiger charge is -2.21. The lowest BCUT2D eigenvalue weighted by atomic mass is 9.92. The summed E-state index contributed by atoms with van der Waals surface area (Å²) in [5.74, 6) is -1.06. The fraction of sp³-hybridized carbons (Fsp3) is 0.375. The van der Waals surface area contributed by atoms with Crippen molar-refractivity contribution in [1.29, 1.82) is 0 Å². The number of aryl methyl sites for hydroxylation is 2. The number of hydrogen-bond acceptors (Lipinski definition) is 4. The molecular weight excluding hydrogens is 433 g/mol. The Labute approximate surface area is 192 Å². The highest BCUT2D eigenvalue weighted by molar-refractivity contribution is 6.33. The van der Waals surface area contributed by atoms with Gasteiger partial charge in [0.05, 0.1) is 11.2 Å². The number of carbonyl (C=O) groups excluding carboxylic acids is 2. The average Bonchev–Trinajstić information content (AvgIpc) is 2.77. The van der Waals surface area contributed by atoms with Crippen LogP contribution in [0.25, 0.3) is 0 Å². The van der Waals surface area contributed by atoms with Gasteiger partial charge in [-0.15, -0.1) is 0 Å². The molecule has 2 aromatic rings. The van der Waals surface area contributed by atoms with E-state index in [4.69, 9.17) is 16.3 Å². The molecule has 8 heteroatoms. The Balaban J connectivity index is 1.54. The normalized spacial score (nSPS) is 14.2. The van der Waals surface area contributed by atoms with Crippen LogP contribution in [-0.2, 0) is 22.4 Å². The third kappa shape index (κ3) is 6.29. The van der Waals surface area contributed by atoms with Crippen LogP contribution in [0.3, 0.4) is 0 Å². The lowest BCUT2D eigenvalue weighted by molar-refractivity contribution is -0.131. The average molecular weight is 460 g/mol. The number of halogens is 2. The number of amides is 2. The second-order valence-corrected chi connectivity index (χ2v) is 8.49. The Morgan fingerprint density at radius 2 is 1.94 bits per heavy atom. The predicted molar refractivity (Wildman–Crippen MR) is 122 cm³/mol. The van der Waals surface area contributed by atoms with Gasteiger partial charge in [-0.3, -0.25) is 9.59 Å². The smallest absolute Gasteiger partial charge is 0.262 e. The number of hydrazone groups is 1. The first kappa shape index (κ1) is 23.7. The van der Waals surface area contributed by atoms with Crippen molar-refractivity contribution >= 4 is 29.6 Å². The molecule has 6 nitrogen and oxygen atoms in total. The molecule has 0 saturated carbocycles. The van der Waals surface area contributed by atoms with Gasteiger partial charge in [0.25, 0.3) is 11.8 Å². The number of carbonyl (C=O) groups is 2. The van der Waals surface area contributed by atoms with Gasteiger partial charge in [-0.25, -0.2) is 9.82 Å². The summed E-state index contributed by atoms with van der Waals surface area (Å²) in [6, 6.07) is 9.31. The van der Waals surface area contributed by atoms with E-state index in [0.29, 0.717) is 5.75 Å². The van der Waals surface area contributed by atoms with Crippen LogP contribution in [0.1, 0.15) is 43.4 Å². The van der Waals surface area contributed by atoms with E-state index in [1.165, 1.54) is 35.7 Å². The maximum absolute atomic E-state index is 13.8. The largest absolute Gasteiger partial charge is 0.484 e. The number of fused-ring (bicyclic) bond motifs is 1. The number of benzene rings is 2. The first-order valence-electron chi connectivity index (χ1n) is 10.7. The van der Waals surface area contributed by atoms with Crippen molar-refractivity contribution in [3.63, 3.8) is 0 Å². The fourth-order valence-electron chi connectivity index (χ4n) is 3.56. The van der Waals surface area contributed by atoms with Gasteiger partial charge in [-0.2, -0.15) is 5.10 Å². The summed E-state index contributed by atoms with van der Waals surface area (Å²) in [6.45, 7) is 3.39. The van der Waals surface area contributed by atoms with E-state index >= 15 is 0 Å². The van der Waals surface area contributed by atoms with E-state index in [1.807, 2.05) is 18.2 Å². The third-order valence-corrected chi connectivity index (χ3v) is 5.65. The molecule has 0 bridgehead atoms. The van der Waals surface area contributed by atoms with Crippen LogP contribution in [0.4, 0.5) is 4.39 Å². The summed E-state index contributed by atoms with van der Waals surface area (Å²) >= 11 is 5.94. The number of ether oxygens (including phenoxy) is 1. The summed E-state index contributed by atoms with van der Waals surface area (Å²) < 4.78 is 19.4. The van der Waals surface area contributed by atoms with E-state index < -0.39 is 23.7 Å². The maximum atomic E-state index is 13.8. The van der Waals surface area contributed by atoms with Crippen molar-refractivity contribution in [2.45, 2.75) is 45.6 Å². The molecule has 0 heterocycles. The van der Waals surface area contributed by atoms with E-state index in [0.717, 1.165) is 25.5 Å². The first-order valence-corrected chi connectivity index (χ1v) is 11.0. The highest BCUT2D eigenvalue weighted by Gasteiger charge is 2.24. The Kier molecular flexibility index (Phi) is 8.22. The monoisotopic (exact) mass is 459 g/mol. The molecule has 0 aromatic heterocycles. The summed E-state index contributed by atoms with van der Waals surface area (Å²) in [4.78, 5) is 24.9. The second kappa shape index (κ2) is 11.1. The molecule has 1 unspecified atom stereocenters. The van der Waals surface area contributed by atoms with Crippen molar-refractivity contribution in [2.75, 3.05) is 6.61 Å². The van der Waals surface area contributed by atoms with Crippen LogP contribution >= 0.6 is 11.6 Å². The van der Waals surface area contributed by atoms with Crippen molar-refractivity contribution < 1.29 is 18.7 Å². The molecule has 0 spiro atoms. The van der Waals surface area contributed by atoms with Gasteiger partial charge in [-0.05, 0) is 67.0 Å². The number of nitrogens with one attached hydrogen (secondary N) is 2. The molecule has 2 aromatic carbocycles. The lowest BCUT2D eigenvalue weighted by Crippen LogP contribution is -2.49. The Hall–Kier alpha value is -2.93. The molecule has 0 aliphatic heterocycles. The summed E-state index contributed by atoms with van der Waals surface area (Å²) in [5, 5.41) is 6.62. The molecule has 0 saturated heterocycles. The highest BCUT2D eigenvalue weighted by atomic mass is 35.5. The molecular formula is C24H27ClFN3O3. The topological polar surface area (TPSA) is 79.8 Å². The van der Waals surface area contributed by atoms with Crippen LogP contribution in [0.5, 0.6) is 5.75 Å². The molecule has 1 aliphatic rings. The van der Waals surface area contributed by atoms with E-state index in [9.17, 15) is 14.0 Å². The zero-order chi connectivity index (χ0) is 23.1. The first-order chi connectivity index (χ1) is 15.3. The van der Waals surface area contributed by atoms with Crippen LogP contribution < -0.4 is 15.5 Å². The molecule has 3 rings (SSSR count). The highest BCUT2D eigenvalue weighted by Crippen LogP contribution is 2.25. The van der Waals surface area contributed by atoms with Crippen LogP contribution in [0.15, 0.2) is 41.5 Å². The molecule has 2 N–H and O–H groups in total. The van der Waals surface area contributed by atoms with E-state index in [1.54, 1.807) is 13.8 Å². The van der Waals surface area contributed by atoms with Gasteiger partial charge in [0.1, 0.15) is 17.6 Å². The fourth-order valence-corrected chi connectivity index (χ4v) is 3.77. The Morgan fingerprint density at radius 3 is 2.66 bits per heavy atom. The predicted octanol–water partition coefficient (Wildman–Crippen LogP) is 4.03. The molecule has 1 atom stereocenters. The van der Waals surface area contributed by atoms with Gasteiger partial charge >= 0.3 is 0 Å². The zero-order valence-corrected chi connectivity index (χ0v) is 18.9. The quantitative estimate of drug-likeness (QED) is 0.462. The van der Waals surface area contributed by atoms with Crippen molar-refractivity contribution in [2.24, 2.45) is 11.0 Å².